The van der Waals surface area contributed by atoms with E-state index < -0.39 is 17.7 Å². The van der Waals surface area contributed by atoms with Crippen molar-refractivity contribution in [2.45, 2.75) is 61.8 Å². The second-order valence-electron chi connectivity index (χ2n) is 11.0. The molecule has 6 rings (SSSR count). The zero-order valence-electron chi connectivity index (χ0n) is 24.9. The first-order chi connectivity index (χ1) is 21.8. The number of benzene rings is 3. The van der Waals surface area contributed by atoms with Gasteiger partial charge in [-0.25, -0.2) is 0 Å². The monoisotopic (exact) mass is 661 g/mol. The number of aromatic nitrogens is 2. The first-order valence-electron chi connectivity index (χ1n) is 14.9. The van der Waals surface area contributed by atoms with E-state index >= 15 is 0 Å². The summed E-state index contributed by atoms with van der Waals surface area (Å²) >= 11 is 8.71. The number of carbonyl (C=O) groups excluding carboxylic acids is 2. The number of halogens is 1. The van der Waals surface area contributed by atoms with Gasteiger partial charge in [-0.05, 0) is 72.5 Å². The van der Waals surface area contributed by atoms with Crippen molar-refractivity contribution >= 4 is 57.3 Å². The summed E-state index contributed by atoms with van der Waals surface area (Å²) in [5.74, 6) is 0.184. The minimum Gasteiger partial charge on any atom is -0.507 e. The molecule has 1 fully saturated rings. The summed E-state index contributed by atoms with van der Waals surface area (Å²) < 4.78 is 12.5. The van der Waals surface area contributed by atoms with Crippen molar-refractivity contribution < 1.29 is 24.2 Å². The third-order valence-corrected chi connectivity index (χ3v) is 10.1. The fourth-order valence-electron chi connectivity index (χ4n) is 5.47. The highest BCUT2D eigenvalue weighted by molar-refractivity contribution is 8.00. The van der Waals surface area contributed by atoms with Crippen molar-refractivity contribution in [3.05, 3.63) is 99.6 Å². The summed E-state index contributed by atoms with van der Waals surface area (Å²) in [6, 6.07) is 19.3. The average Bonchev–Trinajstić information content (AvgIpc) is 3.73. The van der Waals surface area contributed by atoms with Crippen LogP contribution in [0.5, 0.6) is 11.5 Å². The molecule has 0 saturated carbocycles. The molecule has 232 valence electrons. The van der Waals surface area contributed by atoms with E-state index in [1.807, 2.05) is 61.5 Å². The molecule has 0 radical (unpaired) electrons. The molecular weight excluding hydrogens is 630 g/mol. The van der Waals surface area contributed by atoms with Crippen LogP contribution in [0.4, 0.5) is 5.13 Å². The highest BCUT2D eigenvalue weighted by atomic mass is 35.5. The fraction of sp³-hybridized carbons (Fsp3) is 0.294. The number of aliphatic hydroxyl groups is 1. The molecule has 8 nitrogen and oxygen atoms in total. The van der Waals surface area contributed by atoms with E-state index in [2.05, 4.69) is 17.1 Å². The Morgan fingerprint density at radius 3 is 2.73 bits per heavy atom. The summed E-state index contributed by atoms with van der Waals surface area (Å²) in [6.07, 6.45) is 3.76. The van der Waals surface area contributed by atoms with E-state index in [-0.39, 0.29) is 22.6 Å². The van der Waals surface area contributed by atoms with Crippen LogP contribution >= 0.6 is 34.7 Å². The zero-order chi connectivity index (χ0) is 31.5. The number of unbranched alkanes of at least 4 members (excludes halogenated alkanes) is 2. The standard InChI is InChI=1S/C34H32ClN3O5S2/c1-3-4-5-15-42-26-8-6-7-22(18-26)29-28(30(39)23-11-14-27-24(17-23)16-20(2)43-27)31(40)32(41)38(29)33-36-37-34(45-33)44-19-21-9-12-25(35)13-10-21/h6-14,17-18,20,29,39H,3-5,15-16,19H2,1-2H3/t20-,29-/m0/s1. The lowest BCUT2D eigenvalue weighted by Crippen LogP contribution is -2.29. The number of thioether (sulfide) groups is 1. The van der Waals surface area contributed by atoms with Crippen molar-refractivity contribution in [3.8, 4) is 11.5 Å². The Balaban J connectivity index is 1.37. The molecule has 3 heterocycles. The number of carbonyl (C=O) groups is 2. The van der Waals surface area contributed by atoms with Gasteiger partial charge in [0.1, 0.15) is 23.4 Å². The molecule has 2 aliphatic heterocycles. The maximum Gasteiger partial charge on any atom is 0.301 e. The molecule has 1 amide bonds. The van der Waals surface area contributed by atoms with Gasteiger partial charge in [0.2, 0.25) is 5.13 Å². The smallest absolute Gasteiger partial charge is 0.301 e. The Bertz CT molecular complexity index is 1760. The third kappa shape index (κ3) is 6.73. The van der Waals surface area contributed by atoms with Crippen LogP contribution in [-0.4, -0.2) is 39.7 Å². The number of anilines is 1. The number of ether oxygens (including phenoxy) is 2. The molecule has 2 aliphatic rings. The van der Waals surface area contributed by atoms with Crippen LogP contribution in [0.25, 0.3) is 5.76 Å². The van der Waals surface area contributed by atoms with Crippen molar-refractivity contribution in [1.82, 2.24) is 10.2 Å². The number of amides is 1. The Morgan fingerprint density at radius 2 is 1.93 bits per heavy atom. The SMILES string of the molecule is CCCCCOc1cccc([C@H]2C(=C(O)c3ccc4c(c3)C[C@H](C)O4)C(=O)C(=O)N2c2nnc(SCc3ccc(Cl)cc3)s2)c1. The molecule has 1 N–H and O–H groups in total. The number of hydrogen-bond acceptors (Lipinski definition) is 9. The molecule has 0 spiro atoms. The summed E-state index contributed by atoms with van der Waals surface area (Å²) in [7, 11) is 0. The first-order valence-corrected chi connectivity index (χ1v) is 17.0. The van der Waals surface area contributed by atoms with Gasteiger partial charge in [-0.2, -0.15) is 0 Å². The van der Waals surface area contributed by atoms with E-state index in [1.54, 1.807) is 12.1 Å². The van der Waals surface area contributed by atoms with Crippen LogP contribution in [-0.2, 0) is 21.8 Å². The van der Waals surface area contributed by atoms with Crippen LogP contribution in [0.2, 0.25) is 5.02 Å². The molecule has 1 saturated heterocycles. The van der Waals surface area contributed by atoms with Gasteiger partial charge in [0.15, 0.2) is 4.34 Å². The Kier molecular flexibility index (Phi) is 9.44. The van der Waals surface area contributed by atoms with Gasteiger partial charge < -0.3 is 14.6 Å². The lowest BCUT2D eigenvalue weighted by molar-refractivity contribution is -0.132. The van der Waals surface area contributed by atoms with Crippen molar-refractivity contribution in [2.24, 2.45) is 0 Å². The molecule has 0 bridgehead atoms. The second kappa shape index (κ2) is 13.6. The van der Waals surface area contributed by atoms with Gasteiger partial charge in [0, 0.05) is 22.8 Å². The predicted molar refractivity (Wildman–Crippen MR) is 177 cm³/mol. The number of ketones is 1. The van der Waals surface area contributed by atoms with E-state index in [0.29, 0.717) is 45.0 Å². The van der Waals surface area contributed by atoms with Gasteiger partial charge in [-0.3, -0.25) is 14.5 Å². The maximum absolute atomic E-state index is 13.7. The van der Waals surface area contributed by atoms with Crippen LogP contribution < -0.4 is 14.4 Å². The molecule has 4 aromatic rings. The molecule has 11 heteroatoms. The lowest BCUT2D eigenvalue weighted by Gasteiger charge is -2.23. The summed E-state index contributed by atoms with van der Waals surface area (Å²) in [4.78, 5) is 28.8. The zero-order valence-corrected chi connectivity index (χ0v) is 27.3. The Morgan fingerprint density at radius 1 is 1.11 bits per heavy atom. The van der Waals surface area contributed by atoms with E-state index in [0.717, 1.165) is 36.1 Å². The number of aliphatic hydroxyl groups excluding tert-OH is 1. The molecule has 3 aromatic carbocycles. The molecule has 0 unspecified atom stereocenters. The topological polar surface area (TPSA) is 102 Å². The maximum atomic E-state index is 13.7. The number of nitrogens with zero attached hydrogens (tertiary/aromatic N) is 3. The Hall–Kier alpha value is -3.86. The Labute approximate surface area is 275 Å². The number of fused-ring (bicyclic) bond motifs is 1. The number of Topliss-reactive ketones (excluding diaryl/α,β-unsaturated/α-hetero) is 1. The van der Waals surface area contributed by atoms with Crippen LogP contribution in [0, 0.1) is 0 Å². The van der Waals surface area contributed by atoms with Crippen LogP contribution in [0.3, 0.4) is 0 Å². The second-order valence-corrected chi connectivity index (χ2v) is 13.6. The fourth-order valence-corrected chi connectivity index (χ4v) is 7.42. The average molecular weight is 662 g/mol. The van der Waals surface area contributed by atoms with Crippen LogP contribution in [0.15, 0.2) is 76.6 Å². The summed E-state index contributed by atoms with van der Waals surface area (Å²) in [5.41, 5.74) is 3.05. The quantitative estimate of drug-likeness (QED) is 0.0431. The van der Waals surface area contributed by atoms with Gasteiger partial charge in [0.05, 0.1) is 18.2 Å². The van der Waals surface area contributed by atoms with E-state index in [9.17, 15) is 14.7 Å². The highest BCUT2D eigenvalue weighted by Crippen LogP contribution is 2.45. The number of rotatable bonds is 11. The minimum atomic E-state index is -0.935. The summed E-state index contributed by atoms with van der Waals surface area (Å²) in [5, 5.41) is 21.2. The highest BCUT2D eigenvalue weighted by Gasteiger charge is 2.48. The van der Waals surface area contributed by atoms with Gasteiger partial charge in [0.25, 0.3) is 5.78 Å². The molecular formula is C34H32ClN3O5S2. The van der Waals surface area contributed by atoms with Crippen molar-refractivity contribution in [2.75, 3.05) is 11.5 Å². The number of hydrogen-bond donors (Lipinski definition) is 1. The van der Waals surface area contributed by atoms with Crippen molar-refractivity contribution in [3.63, 3.8) is 0 Å². The largest absolute Gasteiger partial charge is 0.507 e. The molecule has 2 atom stereocenters. The first kappa shape index (κ1) is 31.1. The summed E-state index contributed by atoms with van der Waals surface area (Å²) in [6.45, 7) is 4.66. The lowest BCUT2D eigenvalue weighted by atomic mass is 9.94. The van der Waals surface area contributed by atoms with Gasteiger partial charge in [-0.15, -0.1) is 10.2 Å². The molecule has 0 aliphatic carbocycles. The van der Waals surface area contributed by atoms with E-state index in [1.165, 1.54) is 28.0 Å². The third-order valence-electron chi connectivity index (χ3n) is 7.68. The van der Waals surface area contributed by atoms with Crippen molar-refractivity contribution in [1.29, 1.82) is 0 Å². The molecule has 45 heavy (non-hydrogen) atoms. The normalized spacial score (nSPS) is 18.7. The predicted octanol–water partition coefficient (Wildman–Crippen LogP) is 8.00. The van der Waals surface area contributed by atoms with Gasteiger partial charge >= 0.3 is 5.91 Å². The molecule has 1 aromatic heterocycles. The van der Waals surface area contributed by atoms with Crippen LogP contribution in [0.1, 0.15) is 61.4 Å². The minimum absolute atomic E-state index is 0.0133. The van der Waals surface area contributed by atoms with E-state index in [4.69, 9.17) is 21.1 Å². The van der Waals surface area contributed by atoms with Gasteiger partial charge in [-0.1, -0.05) is 78.7 Å².